The number of benzene rings is 1. The van der Waals surface area contributed by atoms with Crippen molar-refractivity contribution in [2.75, 3.05) is 26.2 Å². The van der Waals surface area contributed by atoms with Crippen LogP contribution in [0.1, 0.15) is 28.2 Å². The zero-order valence-electron chi connectivity index (χ0n) is 15.3. The molecular weight excluding hydrogens is 344 g/mol. The van der Waals surface area contributed by atoms with Gasteiger partial charge in [-0.3, -0.25) is 9.69 Å². The highest BCUT2D eigenvalue weighted by molar-refractivity contribution is 5.94. The van der Waals surface area contributed by atoms with Gasteiger partial charge in [-0.1, -0.05) is 22.9 Å². The molecule has 3 heterocycles. The van der Waals surface area contributed by atoms with Crippen LogP contribution in [0.25, 0.3) is 11.6 Å². The topological polar surface area (TPSA) is 75.6 Å². The Morgan fingerprint density at radius 2 is 2.07 bits per heavy atom. The molecule has 0 spiro atoms. The van der Waals surface area contributed by atoms with Gasteiger partial charge in [-0.15, -0.1) is 0 Å². The van der Waals surface area contributed by atoms with Crippen molar-refractivity contribution in [3.63, 3.8) is 0 Å². The van der Waals surface area contributed by atoms with E-state index in [0.717, 1.165) is 37.2 Å². The van der Waals surface area contributed by atoms with Gasteiger partial charge in [0.05, 0.1) is 12.8 Å². The lowest BCUT2D eigenvalue weighted by atomic mass is 10.1. The Balaban J connectivity index is 1.37. The van der Waals surface area contributed by atoms with Crippen LogP contribution >= 0.6 is 0 Å². The van der Waals surface area contributed by atoms with Gasteiger partial charge in [0.2, 0.25) is 11.7 Å². The monoisotopic (exact) mass is 366 g/mol. The van der Waals surface area contributed by atoms with Crippen LogP contribution in [0.4, 0.5) is 0 Å². The molecule has 0 unspecified atom stereocenters. The first-order chi connectivity index (χ1) is 13.2. The minimum Gasteiger partial charge on any atom is -0.461 e. The Labute approximate surface area is 157 Å². The maximum Gasteiger partial charge on any atom is 0.253 e. The van der Waals surface area contributed by atoms with Gasteiger partial charge in [0.1, 0.15) is 0 Å². The molecule has 0 atom stereocenters. The smallest absolute Gasteiger partial charge is 0.253 e. The van der Waals surface area contributed by atoms with E-state index < -0.39 is 0 Å². The SMILES string of the molecule is Cc1cccc(C(=O)N2CCCN(Cc3nc(-c4ccco4)no3)CC2)c1. The van der Waals surface area contributed by atoms with Crippen molar-refractivity contribution in [3.05, 3.63) is 59.7 Å². The molecule has 1 saturated heterocycles. The predicted octanol–water partition coefficient (Wildman–Crippen LogP) is 2.99. The van der Waals surface area contributed by atoms with Crippen LogP contribution < -0.4 is 0 Å². The number of amides is 1. The molecule has 4 rings (SSSR count). The summed E-state index contributed by atoms with van der Waals surface area (Å²) in [6, 6.07) is 11.3. The lowest BCUT2D eigenvalue weighted by Gasteiger charge is -2.21. The number of nitrogens with zero attached hydrogens (tertiary/aromatic N) is 4. The molecule has 2 aromatic heterocycles. The molecule has 7 heteroatoms. The summed E-state index contributed by atoms with van der Waals surface area (Å²) in [5.74, 6) is 1.70. The molecule has 7 nitrogen and oxygen atoms in total. The lowest BCUT2D eigenvalue weighted by molar-refractivity contribution is 0.0760. The summed E-state index contributed by atoms with van der Waals surface area (Å²) in [6.07, 6.45) is 2.50. The predicted molar refractivity (Wildman–Crippen MR) is 99.0 cm³/mol. The largest absolute Gasteiger partial charge is 0.461 e. The van der Waals surface area contributed by atoms with Crippen LogP contribution in [-0.2, 0) is 6.54 Å². The molecule has 1 aromatic carbocycles. The van der Waals surface area contributed by atoms with Crippen molar-refractivity contribution in [2.45, 2.75) is 19.9 Å². The first-order valence-corrected chi connectivity index (χ1v) is 9.14. The van der Waals surface area contributed by atoms with Gasteiger partial charge in [-0.25, -0.2) is 0 Å². The standard InChI is InChI=1S/C20H22N4O3/c1-15-5-2-6-16(13-15)20(25)24-9-4-8-23(10-11-24)14-18-21-19(22-27-18)17-7-3-12-26-17/h2-3,5-7,12-13H,4,8-11,14H2,1H3. The fourth-order valence-electron chi connectivity index (χ4n) is 3.31. The van der Waals surface area contributed by atoms with Crippen molar-refractivity contribution in [1.82, 2.24) is 19.9 Å². The van der Waals surface area contributed by atoms with Crippen LogP contribution in [0.2, 0.25) is 0 Å². The van der Waals surface area contributed by atoms with Crippen LogP contribution in [0, 0.1) is 6.92 Å². The third-order valence-corrected chi connectivity index (χ3v) is 4.71. The number of hydrogen-bond donors (Lipinski definition) is 0. The maximum absolute atomic E-state index is 12.8. The second kappa shape index (κ2) is 7.75. The quantitative estimate of drug-likeness (QED) is 0.707. The summed E-state index contributed by atoms with van der Waals surface area (Å²) < 4.78 is 10.6. The molecule has 3 aromatic rings. The molecule has 0 bridgehead atoms. The number of carbonyl (C=O) groups excluding carboxylic acids is 1. The number of rotatable bonds is 4. The molecule has 140 valence electrons. The third-order valence-electron chi connectivity index (χ3n) is 4.71. The van der Waals surface area contributed by atoms with Crippen molar-refractivity contribution >= 4 is 5.91 Å². The minimum absolute atomic E-state index is 0.0958. The summed E-state index contributed by atoms with van der Waals surface area (Å²) in [6.45, 7) is 5.67. The van der Waals surface area contributed by atoms with Crippen molar-refractivity contribution < 1.29 is 13.7 Å². The fraction of sp³-hybridized carbons (Fsp3) is 0.350. The maximum atomic E-state index is 12.8. The van der Waals surface area contributed by atoms with Crippen LogP contribution in [-0.4, -0.2) is 52.0 Å². The molecule has 27 heavy (non-hydrogen) atoms. The fourth-order valence-corrected chi connectivity index (χ4v) is 3.31. The summed E-state index contributed by atoms with van der Waals surface area (Å²) in [5.41, 5.74) is 1.85. The van der Waals surface area contributed by atoms with E-state index >= 15 is 0 Å². The van der Waals surface area contributed by atoms with E-state index in [9.17, 15) is 4.79 Å². The first kappa shape index (κ1) is 17.5. The number of hydrogen-bond acceptors (Lipinski definition) is 6. The van der Waals surface area contributed by atoms with Crippen LogP contribution in [0.5, 0.6) is 0 Å². The van der Waals surface area contributed by atoms with E-state index in [4.69, 9.17) is 8.94 Å². The first-order valence-electron chi connectivity index (χ1n) is 9.14. The Morgan fingerprint density at radius 3 is 2.89 bits per heavy atom. The molecule has 1 aliphatic heterocycles. The molecule has 0 aliphatic carbocycles. The van der Waals surface area contributed by atoms with Gasteiger partial charge in [0.25, 0.3) is 5.91 Å². The number of aryl methyl sites for hydroxylation is 1. The van der Waals surface area contributed by atoms with Crippen molar-refractivity contribution in [3.8, 4) is 11.6 Å². The van der Waals surface area contributed by atoms with Gasteiger partial charge < -0.3 is 13.8 Å². The molecule has 0 N–H and O–H groups in total. The van der Waals surface area contributed by atoms with Gasteiger partial charge in [0, 0.05) is 31.7 Å². The Bertz CT molecular complexity index is 904. The lowest BCUT2D eigenvalue weighted by Crippen LogP contribution is -2.35. The summed E-state index contributed by atoms with van der Waals surface area (Å²) in [4.78, 5) is 21.3. The number of aromatic nitrogens is 2. The van der Waals surface area contributed by atoms with Gasteiger partial charge >= 0.3 is 0 Å². The summed E-state index contributed by atoms with van der Waals surface area (Å²) >= 11 is 0. The molecule has 0 saturated carbocycles. The summed E-state index contributed by atoms with van der Waals surface area (Å²) in [5, 5.41) is 3.97. The van der Waals surface area contributed by atoms with E-state index in [2.05, 4.69) is 15.0 Å². The Morgan fingerprint density at radius 1 is 1.15 bits per heavy atom. The second-order valence-electron chi connectivity index (χ2n) is 6.78. The van der Waals surface area contributed by atoms with E-state index in [0.29, 0.717) is 30.6 Å². The van der Waals surface area contributed by atoms with Crippen LogP contribution in [0.15, 0.2) is 51.6 Å². The average molecular weight is 366 g/mol. The molecule has 1 amide bonds. The van der Waals surface area contributed by atoms with Crippen LogP contribution in [0.3, 0.4) is 0 Å². The number of carbonyl (C=O) groups is 1. The van der Waals surface area contributed by atoms with Crippen molar-refractivity contribution in [1.29, 1.82) is 0 Å². The van der Waals surface area contributed by atoms with E-state index in [1.165, 1.54) is 0 Å². The van der Waals surface area contributed by atoms with Gasteiger partial charge in [-0.2, -0.15) is 4.98 Å². The number of furan rings is 1. The highest BCUT2D eigenvalue weighted by atomic mass is 16.5. The summed E-state index contributed by atoms with van der Waals surface area (Å²) in [7, 11) is 0. The Hall–Kier alpha value is -2.93. The highest BCUT2D eigenvalue weighted by Crippen LogP contribution is 2.17. The van der Waals surface area contributed by atoms with E-state index in [1.807, 2.05) is 36.1 Å². The minimum atomic E-state index is 0.0958. The molecule has 1 aliphatic rings. The van der Waals surface area contributed by atoms with Crippen molar-refractivity contribution in [2.24, 2.45) is 0 Å². The molecular formula is C20H22N4O3. The average Bonchev–Trinajstić information content (AvgIpc) is 3.30. The van der Waals surface area contributed by atoms with E-state index in [-0.39, 0.29) is 5.91 Å². The molecule has 0 radical (unpaired) electrons. The molecule has 1 fully saturated rings. The normalized spacial score (nSPS) is 15.7. The van der Waals surface area contributed by atoms with Gasteiger partial charge in [-0.05, 0) is 37.6 Å². The zero-order chi connectivity index (χ0) is 18.6. The Kier molecular flexibility index (Phi) is 5.02. The van der Waals surface area contributed by atoms with Gasteiger partial charge in [0.15, 0.2) is 5.76 Å². The highest BCUT2D eigenvalue weighted by Gasteiger charge is 2.22. The zero-order valence-corrected chi connectivity index (χ0v) is 15.3. The third kappa shape index (κ3) is 4.09. The van der Waals surface area contributed by atoms with E-state index in [1.54, 1.807) is 18.4 Å². The second-order valence-corrected chi connectivity index (χ2v) is 6.78.